The van der Waals surface area contributed by atoms with E-state index in [1.165, 1.54) is 0 Å². The van der Waals surface area contributed by atoms with Crippen LogP contribution in [0.3, 0.4) is 0 Å². The van der Waals surface area contributed by atoms with Gasteiger partial charge in [-0.3, -0.25) is 9.59 Å². The highest BCUT2D eigenvalue weighted by Gasteiger charge is 2.30. The number of hydrogen-bond donors (Lipinski definition) is 2. The van der Waals surface area contributed by atoms with Crippen LogP contribution < -0.4 is 16.0 Å². The SMILES string of the molecule is CN(C)C(=O)C1CNCCN1c1ccc(C(N)=O)c(Cl)c1. The number of nitrogens with zero attached hydrogens (tertiary/aromatic N) is 2. The highest BCUT2D eigenvalue weighted by atomic mass is 35.5. The van der Waals surface area contributed by atoms with Gasteiger partial charge in [0.25, 0.3) is 0 Å². The molecular weight excluding hydrogens is 292 g/mol. The van der Waals surface area contributed by atoms with Crippen LogP contribution in [-0.2, 0) is 4.79 Å². The number of anilines is 1. The number of piperazine rings is 1. The third kappa shape index (κ3) is 3.28. The molecular formula is C14H19ClN4O2. The van der Waals surface area contributed by atoms with E-state index in [0.29, 0.717) is 18.1 Å². The molecule has 6 nitrogen and oxygen atoms in total. The summed E-state index contributed by atoms with van der Waals surface area (Å²) in [5.41, 5.74) is 6.35. The summed E-state index contributed by atoms with van der Waals surface area (Å²) in [5, 5.41) is 3.52. The van der Waals surface area contributed by atoms with Gasteiger partial charge in [0.15, 0.2) is 0 Å². The van der Waals surface area contributed by atoms with Crippen molar-refractivity contribution in [3.8, 4) is 0 Å². The predicted octanol–water partition coefficient (Wildman–Crippen LogP) is 0.305. The molecule has 0 radical (unpaired) electrons. The first kappa shape index (κ1) is 15.6. The van der Waals surface area contributed by atoms with Crippen molar-refractivity contribution in [2.24, 2.45) is 5.73 Å². The molecule has 1 atom stereocenters. The zero-order valence-electron chi connectivity index (χ0n) is 12.1. The number of carbonyl (C=O) groups is 2. The van der Waals surface area contributed by atoms with E-state index in [-0.39, 0.29) is 17.5 Å². The van der Waals surface area contributed by atoms with Crippen molar-refractivity contribution in [1.82, 2.24) is 10.2 Å². The van der Waals surface area contributed by atoms with Crippen LogP contribution in [0.15, 0.2) is 18.2 Å². The highest BCUT2D eigenvalue weighted by molar-refractivity contribution is 6.34. The Morgan fingerprint density at radius 1 is 1.43 bits per heavy atom. The Kier molecular flexibility index (Phi) is 4.69. The minimum Gasteiger partial charge on any atom is -0.366 e. The first-order valence-electron chi connectivity index (χ1n) is 6.69. The summed E-state index contributed by atoms with van der Waals surface area (Å²) in [5.74, 6) is -0.537. The zero-order chi connectivity index (χ0) is 15.6. The fourth-order valence-electron chi connectivity index (χ4n) is 2.41. The fourth-order valence-corrected chi connectivity index (χ4v) is 2.68. The Labute approximate surface area is 128 Å². The molecule has 0 spiro atoms. The van der Waals surface area contributed by atoms with Gasteiger partial charge in [-0.05, 0) is 18.2 Å². The number of hydrogen-bond acceptors (Lipinski definition) is 4. The van der Waals surface area contributed by atoms with Crippen LogP contribution in [0.25, 0.3) is 0 Å². The lowest BCUT2D eigenvalue weighted by atomic mass is 10.1. The molecule has 2 amide bonds. The molecule has 1 aromatic carbocycles. The van der Waals surface area contributed by atoms with E-state index in [1.807, 2.05) is 4.90 Å². The second-order valence-corrected chi connectivity index (χ2v) is 5.58. The van der Waals surface area contributed by atoms with E-state index >= 15 is 0 Å². The first-order valence-corrected chi connectivity index (χ1v) is 7.07. The maximum absolute atomic E-state index is 12.3. The van der Waals surface area contributed by atoms with Crippen LogP contribution in [0.4, 0.5) is 5.69 Å². The van der Waals surface area contributed by atoms with Crippen LogP contribution in [0.2, 0.25) is 5.02 Å². The van der Waals surface area contributed by atoms with Crippen molar-refractivity contribution < 1.29 is 9.59 Å². The van der Waals surface area contributed by atoms with Crippen LogP contribution >= 0.6 is 11.6 Å². The van der Waals surface area contributed by atoms with E-state index in [9.17, 15) is 9.59 Å². The Hall–Kier alpha value is -1.79. The molecule has 1 heterocycles. The molecule has 1 aromatic rings. The number of halogens is 1. The number of nitrogens with one attached hydrogen (secondary N) is 1. The predicted molar refractivity (Wildman–Crippen MR) is 82.7 cm³/mol. The van der Waals surface area contributed by atoms with E-state index < -0.39 is 5.91 Å². The molecule has 21 heavy (non-hydrogen) atoms. The normalized spacial score (nSPS) is 18.4. The van der Waals surface area contributed by atoms with Crippen molar-refractivity contribution in [3.05, 3.63) is 28.8 Å². The zero-order valence-corrected chi connectivity index (χ0v) is 12.9. The molecule has 0 saturated carbocycles. The summed E-state index contributed by atoms with van der Waals surface area (Å²) in [6.45, 7) is 2.05. The van der Waals surface area contributed by atoms with Crippen LogP contribution in [0.1, 0.15) is 10.4 Å². The number of nitrogens with two attached hydrogens (primary N) is 1. The molecule has 0 aromatic heterocycles. The van der Waals surface area contributed by atoms with Crippen molar-refractivity contribution in [2.45, 2.75) is 6.04 Å². The van der Waals surface area contributed by atoms with Gasteiger partial charge in [0.1, 0.15) is 6.04 Å². The van der Waals surface area contributed by atoms with E-state index in [0.717, 1.165) is 12.2 Å². The average Bonchev–Trinajstić information content (AvgIpc) is 2.45. The van der Waals surface area contributed by atoms with E-state index in [2.05, 4.69) is 5.32 Å². The summed E-state index contributed by atoms with van der Waals surface area (Å²) in [7, 11) is 3.47. The summed E-state index contributed by atoms with van der Waals surface area (Å²) in [4.78, 5) is 27.1. The van der Waals surface area contributed by atoms with E-state index in [1.54, 1.807) is 37.2 Å². The monoisotopic (exact) mass is 310 g/mol. The van der Waals surface area contributed by atoms with Crippen molar-refractivity contribution in [3.63, 3.8) is 0 Å². The maximum Gasteiger partial charge on any atom is 0.250 e. The number of carbonyl (C=O) groups excluding carboxylic acids is 2. The molecule has 1 aliphatic heterocycles. The number of benzene rings is 1. The molecule has 0 bridgehead atoms. The Morgan fingerprint density at radius 2 is 2.14 bits per heavy atom. The van der Waals surface area contributed by atoms with Gasteiger partial charge < -0.3 is 20.9 Å². The van der Waals surface area contributed by atoms with Gasteiger partial charge in [-0.25, -0.2) is 0 Å². The van der Waals surface area contributed by atoms with Crippen LogP contribution in [-0.4, -0.2) is 56.5 Å². The van der Waals surface area contributed by atoms with Gasteiger partial charge in [0, 0.05) is 39.4 Å². The lowest BCUT2D eigenvalue weighted by Gasteiger charge is -2.38. The third-order valence-corrected chi connectivity index (χ3v) is 3.83. The van der Waals surface area contributed by atoms with E-state index in [4.69, 9.17) is 17.3 Å². The van der Waals surface area contributed by atoms with Gasteiger partial charge in [-0.2, -0.15) is 0 Å². The second-order valence-electron chi connectivity index (χ2n) is 5.17. The molecule has 3 N–H and O–H groups in total. The van der Waals surface area contributed by atoms with Gasteiger partial charge in [-0.15, -0.1) is 0 Å². The Morgan fingerprint density at radius 3 is 2.71 bits per heavy atom. The molecule has 1 unspecified atom stereocenters. The van der Waals surface area contributed by atoms with Gasteiger partial charge in [0.2, 0.25) is 11.8 Å². The molecule has 1 fully saturated rings. The first-order chi connectivity index (χ1) is 9.91. The minimum absolute atomic E-state index is 0.0253. The molecule has 0 aliphatic carbocycles. The van der Waals surface area contributed by atoms with Crippen molar-refractivity contribution in [2.75, 3.05) is 38.6 Å². The lowest BCUT2D eigenvalue weighted by molar-refractivity contribution is -0.130. The molecule has 2 rings (SSSR count). The molecule has 114 valence electrons. The maximum atomic E-state index is 12.3. The summed E-state index contributed by atoms with van der Waals surface area (Å²) < 4.78 is 0. The smallest absolute Gasteiger partial charge is 0.250 e. The van der Waals surface area contributed by atoms with Gasteiger partial charge in [0.05, 0.1) is 10.6 Å². The summed E-state index contributed by atoms with van der Waals surface area (Å²) >= 11 is 6.09. The third-order valence-electron chi connectivity index (χ3n) is 3.52. The standard InChI is InChI=1S/C14H19ClN4O2/c1-18(2)14(21)12-8-17-5-6-19(12)9-3-4-10(13(16)20)11(15)7-9/h3-4,7,12,17H,5-6,8H2,1-2H3,(H2,16,20). The number of primary amides is 1. The van der Waals surface area contributed by atoms with Gasteiger partial charge in [-0.1, -0.05) is 11.6 Å². The van der Waals surface area contributed by atoms with Crippen LogP contribution in [0.5, 0.6) is 0 Å². The lowest BCUT2D eigenvalue weighted by Crippen LogP contribution is -2.57. The summed E-state index contributed by atoms with van der Waals surface area (Å²) in [6.07, 6.45) is 0. The number of rotatable bonds is 3. The minimum atomic E-state index is -0.562. The van der Waals surface area contributed by atoms with Crippen molar-refractivity contribution in [1.29, 1.82) is 0 Å². The Balaban J connectivity index is 2.31. The van der Waals surface area contributed by atoms with Crippen molar-refractivity contribution >= 4 is 29.1 Å². The topological polar surface area (TPSA) is 78.7 Å². The average molecular weight is 311 g/mol. The van der Waals surface area contributed by atoms with Gasteiger partial charge >= 0.3 is 0 Å². The fraction of sp³-hybridized carbons (Fsp3) is 0.429. The number of amides is 2. The molecule has 7 heteroatoms. The Bertz CT molecular complexity index is 562. The second kappa shape index (κ2) is 6.32. The molecule has 1 aliphatic rings. The molecule has 1 saturated heterocycles. The van der Waals surface area contributed by atoms with Crippen LogP contribution in [0, 0.1) is 0 Å². The summed E-state index contributed by atoms with van der Waals surface area (Å²) in [6, 6.07) is 4.76. The largest absolute Gasteiger partial charge is 0.366 e. The number of likely N-dealkylation sites (N-methyl/N-ethyl adjacent to an activating group) is 1. The highest BCUT2D eigenvalue weighted by Crippen LogP contribution is 2.26. The quantitative estimate of drug-likeness (QED) is 0.842.